The van der Waals surface area contributed by atoms with Crippen LogP contribution in [0.25, 0.3) is 6.08 Å². The fourth-order valence-electron chi connectivity index (χ4n) is 2.15. The molecule has 0 saturated heterocycles. The zero-order valence-electron chi connectivity index (χ0n) is 13.2. The number of hydrogen-bond acceptors (Lipinski definition) is 6. The smallest absolute Gasteiger partial charge is 0.340 e. The van der Waals surface area contributed by atoms with Crippen molar-refractivity contribution in [2.45, 2.75) is 19.0 Å². The Balaban J connectivity index is 2.02. The van der Waals surface area contributed by atoms with Gasteiger partial charge in [0, 0.05) is 5.75 Å². The fraction of sp³-hybridized carbons (Fsp3) is 0.250. The highest BCUT2D eigenvalue weighted by atomic mass is 32.2. The molecule has 0 amide bonds. The number of ether oxygens (including phenoxy) is 1. The maximum absolute atomic E-state index is 13.1. The summed E-state index contributed by atoms with van der Waals surface area (Å²) in [5, 5.41) is 13.1. The summed E-state index contributed by atoms with van der Waals surface area (Å²) in [7, 11) is 0. The van der Waals surface area contributed by atoms with Crippen LogP contribution in [0.2, 0.25) is 0 Å². The predicted octanol–water partition coefficient (Wildman–Crippen LogP) is 2.68. The lowest BCUT2D eigenvalue weighted by Gasteiger charge is -2.15. The molecule has 0 spiro atoms. The number of hydrogen-bond donors (Lipinski definition) is 0. The van der Waals surface area contributed by atoms with E-state index in [4.69, 9.17) is 4.74 Å². The van der Waals surface area contributed by atoms with E-state index in [2.05, 4.69) is 15.3 Å². The Labute approximate surface area is 142 Å². The number of esters is 1. The van der Waals surface area contributed by atoms with Crippen LogP contribution >= 0.6 is 11.8 Å². The van der Waals surface area contributed by atoms with Crippen molar-refractivity contribution in [2.75, 3.05) is 12.4 Å². The molecule has 0 atom stereocenters. The molecule has 0 radical (unpaired) electrons. The van der Waals surface area contributed by atoms with E-state index in [1.54, 1.807) is 36.7 Å². The van der Waals surface area contributed by atoms with Crippen LogP contribution < -0.4 is 0 Å². The van der Waals surface area contributed by atoms with Crippen LogP contribution in [-0.4, -0.2) is 38.9 Å². The van der Waals surface area contributed by atoms with Gasteiger partial charge in [-0.2, -0.15) is 9.78 Å². The lowest BCUT2D eigenvalue weighted by molar-refractivity contribution is -0.137. The Morgan fingerprint density at radius 1 is 1.38 bits per heavy atom. The number of aromatic nitrogens is 3. The summed E-state index contributed by atoms with van der Waals surface area (Å²) < 4.78 is 19.8. The maximum Gasteiger partial charge on any atom is 0.340 e. The van der Waals surface area contributed by atoms with E-state index < -0.39 is 5.97 Å². The zero-order valence-corrected chi connectivity index (χ0v) is 14.0. The Hall–Kier alpha value is -2.48. The molecule has 0 bridgehead atoms. The lowest BCUT2D eigenvalue weighted by Crippen LogP contribution is -2.21. The minimum absolute atomic E-state index is 0.261. The summed E-state index contributed by atoms with van der Waals surface area (Å²) >= 11 is 1.44. The first kappa shape index (κ1) is 16.4. The van der Waals surface area contributed by atoms with Crippen LogP contribution in [0.3, 0.4) is 0 Å². The van der Waals surface area contributed by atoms with Gasteiger partial charge in [-0.15, -0.1) is 10.2 Å². The number of carbonyl (C=O) groups is 1. The average molecular weight is 346 g/mol. The largest absolute Gasteiger partial charge is 0.462 e. The second kappa shape index (κ2) is 6.96. The molecular weight excluding hydrogens is 331 g/mol. The summed E-state index contributed by atoms with van der Waals surface area (Å²) in [5.74, 6) is 0.319. The summed E-state index contributed by atoms with van der Waals surface area (Å²) in [6, 6.07) is 5.88. The van der Waals surface area contributed by atoms with Gasteiger partial charge in [-0.3, -0.25) is 0 Å². The van der Waals surface area contributed by atoms with E-state index in [0.29, 0.717) is 33.6 Å². The number of aryl methyl sites for hydroxylation is 1. The third-order valence-corrected chi connectivity index (χ3v) is 4.24. The summed E-state index contributed by atoms with van der Waals surface area (Å²) in [4.78, 5) is 12.4. The van der Waals surface area contributed by atoms with Gasteiger partial charge < -0.3 is 4.74 Å². The van der Waals surface area contributed by atoms with Crippen molar-refractivity contribution in [3.8, 4) is 0 Å². The molecule has 0 aliphatic carbocycles. The molecule has 0 unspecified atom stereocenters. The summed E-state index contributed by atoms with van der Waals surface area (Å²) in [6.45, 7) is 3.79. The molecule has 1 aromatic heterocycles. The first-order valence-electron chi connectivity index (χ1n) is 7.36. The number of rotatable bonds is 4. The SMILES string of the molecule is CCOC(=O)/C(=C\c1ccc(F)cc1)C1=Nn2c(C)nnc2SC1. The predicted molar refractivity (Wildman–Crippen MR) is 89.3 cm³/mol. The van der Waals surface area contributed by atoms with Crippen molar-refractivity contribution in [1.29, 1.82) is 0 Å². The Morgan fingerprint density at radius 2 is 2.12 bits per heavy atom. The molecule has 24 heavy (non-hydrogen) atoms. The molecule has 2 aromatic rings. The van der Waals surface area contributed by atoms with Gasteiger partial charge >= 0.3 is 5.97 Å². The van der Waals surface area contributed by atoms with Crippen molar-refractivity contribution in [2.24, 2.45) is 5.10 Å². The number of halogens is 1. The average Bonchev–Trinajstić information content (AvgIpc) is 2.95. The standard InChI is InChI=1S/C16H15FN4O2S/c1-3-23-15(22)13(8-11-4-6-12(17)7-5-11)14-9-24-16-19-18-10(2)21(16)20-14/h4-8H,3,9H2,1-2H3/b13-8-. The number of carbonyl (C=O) groups excluding carboxylic acids is 1. The van der Waals surface area contributed by atoms with E-state index in [9.17, 15) is 9.18 Å². The topological polar surface area (TPSA) is 69.4 Å². The molecule has 1 aliphatic heterocycles. The molecule has 1 aromatic carbocycles. The van der Waals surface area contributed by atoms with E-state index in [1.165, 1.54) is 23.9 Å². The molecular formula is C16H15FN4O2S. The van der Waals surface area contributed by atoms with Crippen LogP contribution in [0, 0.1) is 12.7 Å². The van der Waals surface area contributed by atoms with E-state index in [0.717, 1.165) is 0 Å². The van der Waals surface area contributed by atoms with Crippen LogP contribution in [0.5, 0.6) is 0 Å². The maximum atomic E-state index is 13.1. The molecule has 8 heteroatoms. The van der Waals surface area contributed by atoms with Gasteiger partial charge in [0.2, 0.25) is 5.16 Å². The first-order valence-corrected chi connectivity index (χ1v) is 8.34. The van der Waals surface area contributed by atoms with E-state index >= 15 is 0 Å². The molecule has 0 fully saturated rings. The van der Waals surface area contributed by atoms with Crippen LogP contribution in [0.15, 0.2) is 40.1 Å². The minimum Gasteiger partial charge on any atom is -0.462 e. The Kier molecular flexibility index (Phi) is 4.75. The number of thioether (sulfide) groups is 1. The van der Waals surface area contributed by atoms with Gasteiger partial charge in [-0.25, -0.2) is 9.18 Å². The molecule has 6 nitrogen and oxygen atoms in total. The second-order valence-corrected chi connectivity index (χ2v) is 5.95. The number of nitrogens with zero attached hydrogens (tertiary/aromatic N) is 4. The third-order valence-electron chi connectivity index (χ3n) is 3.31. The molecule has 124 valence electrons. The van der Waals surface area contributed by atoms with Crippen molar-refractivity contribution >= 4 is 29.5 Å². The van der Waals surface area contributed by atoms with E-state index in [-0.39, 0.29) is 12.4 Å². The fourth-order valence-corrected chi connectivity index (χ4v) is 3.02. The van der Waals surface area contributed by atoms with Crippen LogP contribution in [0.4, 0.5) is 4.39 Å². The van der Waals surface area contributed by atoms with Gasteiger partial charge in [0.25, 0.3) is 0 Å². The van der Waals surface area contributed by atoms with Gasteiger partial charge in [0.05, 0.1) is 17.9 Å². The number of benzene rings is 1. The van der Waals surface area contributed by atoms with Crippen molar-refractivity contribution in [1.82, 2.24) is 14.9 Å². The monoisotopic (exact) mass is 346 g/mol. The quantitative estimate of drug-likeness (QED) is 0.629. The van der Waals surface area contributed by atoms with Gasteiger partial charge in [0.1, 0.15) is 5.82 Å². The number of fused-ring (bicyclic) bond motifs is 1. The normalized spacial score (nSPS) is 14.1. The highest BCUT2D eigenvalue weighted by molar-refractivity contribution is 7.99. The minimum atomic E-state index is -0.463. The second-order valence-electron chi connectivity index (χ2n) is 5.01. The molecule has 3 rings (SSSR count). The molecule has 0 N–H and O–H groups in total. The van der Waals surface area contributed by atoms with Crippen LogP contribution in [-0.2, 0) is 9.53 Å². The highest BCUT2D eigenvalue weighted by Crippen LogP contribution is 2.25. The molecule has 1 aliphatic rings. The van der Waals surface area contributed by atoms with Crippen molar-refractivity contribution in [3.05, 3.63) is 47.0 Å². The third kappa shape index (κ3) is 3.38. The van der Waals surface area contributed by atoms with E-state index in [1.807, 2.05) is 0 Å². The summed E-state index contributed by atoms with van der Waals surface area (Å²) in [5.41, 5.74) is 1.60. The van der Waals surface area contributed by atoms with Gasteiger partial charge in [0.15, 0.2) is 5.82 Å². The van der Waals surface area contributed by atoms with Crippen molar-refractivity contribution < 1.29 is 13.9 Å². The van der Waals surface area contributed by atoms with Crippen LogP contribution in [0.1, 0.15) is 18.3 Å². The van der Waals surface area contributed by atoms with Crippen molar-refractivity contribution in [3.63, 3.8) is 0 Å². The zero-order chi connectivity index (χ0) is 17.1. The highest BCUT2D eigenvalue weighted by Gasteiger charge is 2.24. The molecule has 2 heterocycles. The Morgan fingerprint density at radius 3 is 2.83 bits per heavy atom. The lowest BCUT2D eigenvalue weighted by atomic mass is 10.1. The first-order chi connectivity index (χ1) is 11.6. The summed E-state index contributed by atoms with van der Waals surface area (Å²) in [6.07, 6.45) is 1.65. The molecule has 0 saturated carbocycles. The van der Waals surface area contributed by atoms with Gasteiger partial charge in [-0.05, 0) is 37.6 Å². The van der Waals surface area contributed by atoms with Gasteiger partial charge in [-0.1, -0.05) is 23.9 Å². The Bertz CT molecular complexity index is 827.